The fraction of sp³-hybridized carbons (Fsp3) is 0.500. The number of nitrogens with zero attached hydrogens (tertiary/aromatic N) is 1. The Morgan fingerprint density at radius 3 is 2.30 bits per heavy atom. The number of hydrogen-bond donors (Lipinski definition) is 2. The Balaban J connectivity index is 2.26. The van der Waals surface area contributed by atoms with Gasteiger partial charge in [0.05, 0.1) is 5.69 Å². The maximum atomic E-state index is 13.6. The third-order valence-corrected chi connectivity index (χ3v) is 4.77. The topological polar surface area (TPSA) is 75.4 Å². The van der Waals surface area contributed by atoms with E-state index in [1.165, 1.54) is 4.31 Å². The Morgan fingerprint density at radius 1 is 1.10 bits per heavy atom. The number of hydrogen-bond acceptors (Lipinski definition) is 3. The molecule has 1 fully saturated rings. The molecule has 0 radical (unpaired) electrons. The van der Waals surface area contributed by atoms with Crippen LogP contribution in [-0.4, -0.2) is 25.8 Å². The zero-order valence-electron chi connectivity index (χ0n) is 10.9. The lowest BCUT2D eigenvalue weighted by molar-refractivity contribution is 0.427. The van der Waals surface area contributed by atoms with Gasteiger partial charge in [0.2, 0.25) is 0 Å². The van der Waals surface area contributed by atoms with E-state index in [1.807, 2.05) is 0 Å². The van der Waals surface area contributed by atoms with Crippen LogP contribution >= 0.6 is 0 Å². The summed E-state index contributed by atoms with van der Waals surface area (Å²) in [5.41, 5.74) is 4.82. The van der Waals surface area contributed by atoms with Gasteiger partial charge in [-0.05, 0) is 25.0 Å². The quantitative estimate of drug-likeness (QED) is 0.840. The predicted octanol–water partition coefficient (Wildman–Crippen LogP) is 2.08. The highest BCUT2D eigenvalue weighted by Crippen LogP contribution is 2.26. The van der Waals surface area contributed by atoms with Gasteiger partial charge in [0, 0.05) is 13.1 Å². The van der Waals surface area contributed by atoms with Crippen LogP contribution in [0.2, 0.25) is 0 Å². The van der Waals surface area contributed by atoms with Gasteiger partial charge in [-0.25, -0.2) is 8.78 Å². The Morgan fingerprint density at radius 2 is 1.70 bits per heavy atom. The molecular formula is C12H17F2N3O2S. The molecule has 0 aliphatic carbocycles. The summed E-state index contributed by atoms with van der Waals surface area (Å²) < 4.78 is 54.5. The van der Waals surface area contributed by atoms with Crippen LogP contribution in [0.5, 0.6) is 0 Å². The Kier molecular flexibility index (Phi) is 4.44. The van der Waals surface area contributed by atoms with Gasteiger partial charge < -0.3 is 5.73 Å². The van der Waals surface area contributed by atoms with Crippen LogP contribution in [-0.2, 0) is 10.2 Å². The van der Waals surface area contributed by atoms with Crippen LogP contribution < -0.4 is 10.5 Å². The first-order valence-electron chi connectivity index (χ1n) is 6.43. The predicted molar refractivity (Wildman–Crippen MR) is 73.4 cm³/mol. The van der Waals surface area contributed by atoms with Crippen LogP contribution in [0.1, 0.15) is 25.7 Å². The minimum atomic E-state index is -3.92. The Hall–Kier alpha value is -1.41. The van der Waals surface area contributed by atoms with Crippen molar-refractivity contribution >= 4 is 21.6 Å². The molecule has 0 amide bonds. The van der Waals surface area contributed by atoms with E-state index in [0.29, 0.717) is 13.1 Å². The molecule has 0 aromatic heterocycles. The average Bonchev–Trinajstić information content (AvgIpc) is 2.69. The van der Waals surface area contributed by atoms with E-state index in [4.69, 9.17) is 5.73 Å². The normalized spacial score (nSPS) is 17.7. The summed E-state index contributed by atoms with van der Waals surface area (Å²) in [5.74, 6) is -2.43. The highest BCUT2D eigenvalue weighted by atomic mass is 32.2. The van der Waals surface area contributed by atoms with Gasteiger partial charge in [-0.3, -0.25) is 4.72 Å². The highest BCUT2D eigenvalue weighted by molar-refractivity contribution is 7.90. The van der Waals surface area contributed by atoms with Crippen molar-refractivity contribution in [3.05, 3.63) is 23.8 Å². The van der Waals surface area contributed by atoms with Crippen molar-refractivity contribution in [1.29, 1.82) is 0 Å². The van der Waals surface area contributed by atoms with Crippen molar-refractivity contribution in [1.82, 2.24) is 4.31 Å². The van der Waals surface area contributed by atoms with E-state index >= 15 is 0 Å². The molecule has 0 atom stereocenters. The van der Waals surface area contributed by atoms with Gasteiger partial charge in [0.15, 0.2) is 11.6 Å². The zero-order chi connectivity index (χ0) is 14.8. The van der Waals surface area contributed by atoms with Crippen LogP contribution in [0.25, 0.3) is 0 Å². The molecule has 0 unspecified atom stereocenters. The van der Waals surface area contributed by atoms with Gasteiger partial charge in [0.1, 0.15) is 5.69 Å². The third kappa shape index (κ3) is 3.18. The van der Waals surface area contributed by atoms with Gasteiger partial charge in [-0.1, -0.05) is 12.8 Å². The molecule has 1 aromatic carbocycles. The second kappa shape index (κ2) is 5.92. The van der Waals surface area contributed by atoms with Crippen LogP contribution in [0.3, 0.4) is 0 Å². The lowest BCUT2D eigenvalue weighted by Crippen LogP contribution is -2.37. The molecule has 0 bridgehead atoms. The van der Waals surface area contributed by atoms with Gasteiger partial charge in [-0.2, -0.15) is 12.7 Å². The molecule has 8 heteroatoms. The van der Waals surface area contributed by atoms with Crippen molar-refractivity contribution in [2.45, 2.75) is 25.7 Å². The van der Waals surface area contributed by atoms with E-state index < -0.39 is 27.5 Å². The number of halogens is 2. The van der Waals surface area contributed by atoms with E-state index in [9.17, 15) is 17.2 Å². The minimum absolute atomic E-state index is 0.151. The van der Waals surface area contributed by atoms with Gasteiger partial charge >= 0.3 is 10.2 Å². The second-order valence-electron chi connectivity index (χ2n) is 4.75. The molecule has 0 spiro atoms. The van der Waals surface area contributed by atoms with E-state index in [2.05, 4.69) is 4.72 Å². The first kappa shape index (κ1) is 15.0. The van der Waals surface area contributed by atoms with Crippen molar-refractivity contribution in [3.8, 4) is 0 Å². The molecule has 1 heterocycles. The molecule has 5 nitrogen and oxygen atoms in total. The molecule has 112 valence electrons. The summed E-state index contributed by atoms with van der Waals surface area (Å²) in [6.07, 6.45) is 3.43. The second-order valence-corrected chi connectivity index (χ2v) is 6.42. The maximum absolute atomic E-state index is 13.6. The van der Waals surface area contributed by atoms with E-state index in [-0.39, 0.29) is 5.69 Å². The standard InChI is InChI=1S/C12H17F2N3O2S/c13-9-5-6-10(15)12(11(9)14)16-20(18,19)17-7-3-1-2-4-8-17/h5-6,16H,1-4,7-8,15H2. The zero-order valence-corrected chi connectivity index (χ0v) is 11.7. The maximum Gasteiger partial charge on any atom is 0.301 e. The van der Waals surface area contributed by atoms with Crippen LogP contribution in [0.4, 0.5) is 20.2 Å². The molecular weight excluding hydrogens is 288 g/mol. The van der Waals surface area contributed by atoms with Gasteiger partial charge in [0.25, 0.3) is 0 Å². The summed E-state index contributed by atoms with van der Waals surface area (Å²) in [4.78, 5) is 0. The van der Waals surface area contributed by atoms with Gasteiger partial charge in [-0.15, -0.1) is 0 Å². The number of nitrogens with two attached hydrogens (primary N) is 1. The number of anilines is 2. The first-order valence-corrected chi connectivity index (χ1v) is 7.87. The van der Waals surface area contributed by atoms with E-state index in [0.717, 1.165) is 37.8 Å². The van der Waals surface area contributed by atoms with Crippen molar-refractivity contribution in [3.63, 3.8) is 0 Å². The number of rotatable bonds is 3. The number of nitrogen functional groups attached to an aromatic ring is 1. The van der Waals surface area contributed by atoms with Crippen LogP contribution in [0, 0.1) is 11.6 Å². The largest absolute Gasteiger partial charge is 0.397 e. The number of benzene rings is 1. The molecule has 1 aliphatic rings. The highest BCUT2D eigenvalue weighted by Gasteiger charge is 2.25. The smallest absolute Gasteiger partial charge is 0.301 e. The molecule has 2 rings (SSSR count). The summed E-state index contributed by atoms with van der Waals surface area (Å²) >= 11 is 0. The summed E-state index contributed by atoms with van der Waals surface area (Å²) in [7, 11) is -3.92. The Labute approximate surface area is 116 Å². The fourth-order valence-electron chi connectivity index (χ4n) is 2.14. The fourth-order valence-corrected chi connectivity index (χ4v) is 3.48. The average molecular weight is 305 g/mol. The molecule has 20 heavy (non-hydrogen) atoms. The van der Waals surface area contributed by atoms with Crippen molar-refractivity contribution < 1.29 is 17.2 Å². The third-order valence-electron chi connectivity index (χ3n) is 3.26. The number of nitrogens with one attached hydrogen (secondary N) is 1. The lowest BCUT2D eigenvalue weighted by Gasteiger charge is -2.21. The lowest BCUT2D eigenvalue weighted by atomic mass is 10.2. The summed E-state index contributed by atoms with van der Waals surface area (Å²) in [6.45, 7) is 0.734. The molecule has 1 saturated heterocycles. The Bertz CT molecular complexity index is 585. The van der Waals surface area contributed by atoms with Crippen LogP contribution in [0.15, 0.2) is 12.1 Å². The summed E-state index contributed by atoms with van der Waals surface area (Å²) in [6, 6.07) is 1.98. The monoisotopic (exact) mass is 305 g/mol. The molecule has 3 N–H and O–H groups in total. The molecule has 1 aromatic rings. The minimum Gasteiger partial charge on any atom is -0.397 e. The SMILES string of the molecule is Nc1ccc(F)c(F)c1NS(=O)(=O)N1CCCCCC1. The van der Waals surface area contributed by atoms with Crippen molar-refractivity contribution in [2.24, 2.45) is 0 Å². The molecule has 0 saturated carbocycles. The molecule has 1 aliphatic heterocycles. The first-order chi connectivity index (χ1) is 9.42. The van der Waals surface area contributed by atoms with E-state index in [1.54, 1.807) is 0 Å². The van der Waals surface area contributed by atoms with Crippen molar-refractivity contribution in [2.75, 3.05) is 23.5 Å². The summed E-state index contributed by atoms with van der Waals surface area (Å²) in [5, 5.41) is 0.